The van der Waals surface area contributed by atoms with E-state index >= 15 is 0 Å². The fourth-order valence-electron chi connectivity index (χ4n) is 2.53. The summed E-state index contributed by atoms with van der Waals surface area (Å²) < 4.78 is 16.4. The standard InChI is InChI=1S/C18H19N3O3/c1-22-14-5-2-4-13(10-14)7-8-17-21-16(11-19)18(24-17)20-12-15-6-3-9-23-15/h2,4-5,7-8,10,15,20H,3,6,9,12H2,1H3/b8-7+. The number of hydrogen-bond donors (Lipinski definition) is 1. The van der Waals surface area contributed by atoms with Crippen LogP contribution in [0.25, 0.3) is 12.2 Å². The van der Waals surface area contributed by atoms with Gasteiger partial charge >= 0.3 is 0 Å². The van der Waals surface area contributed by atoms with E-state index < -0.39 is 0 Å². The Morgan fingerprint density at radius 3 is 3.12 bits per heavy atom. The maximum absolute atomic E-state index is 9.19. The topological polar surface area (TPSA) is 80.3 Å². The van der Waals surface area contributed by atoms with E-state index in [9.17, 15) is 5.26 Å². The van der Waals surface area contributed by atoms with E-state index in [0.717, 1.165) is 30.8 Å². The molecule has 1 aromatic heterocycles. The number of rotatable bonds is 6. The Labute approximate surface area is 140 Å². The Bertz CT molecular complexity index is 755. The Hall–Kier alpha value is -2.78. The quantitative estimate of drug-likeness (QED) is 0.877. The molecule has 1 N–H and O–H groups in total. The third kappa shape index (κ3) is 3.94. The molecular weight excluding hydrogens is 306 g/mol. The maximum atomic E-state index is 9.19. The fraction of sp³-hybridized carbons (Fsp3) is 0.333. The van der Waals surface area contributed by atoms with Crippen LogP contribution in [0.4, 0.5) is 5.88 Å². The van der Waals surface area contributed by atoms with E-state index in [2.05, 4.69) is 10.3 Å². The molecule has 1 aromatic carbocycles. The molecule has 124 valence electrons. The van der Waals surface area contributed by atoms with Crippen LogP contribution in [-0.4, -0.2) is 31.3 Å². The summed E-state index contributed by atoms with van der Waals surface area (Å²) in [6, 6.07) is 9.68. The van der Waals surface area contributed by atoms with Gasteiger partial charge < -0.3 is 19.2 Å². The number of benzene rings is 1. The minimum Gasteiger partial charge on any atom is -0.497 e. The van der Waals surface area contributed by atoms with Gasteiger partial charge in [0.15, 0.2) is 0 Å². The second kappa shape index (κ2) is 7.66. The lowest BCUT2D eigenvalue weighted by atomic mass is 10.2. The molecule has 0 radical (unpaired) electrons. The lowest BCUT2D eigenvalue weighted by Gasteiger charge is -2.09. The summed E-state index contributed by atoms with van der Waals surface area (Å²) in [7, 11) is 1.63. The highest BCUT2D eigenvalue weighted by Gasteiger charge is 2.17. The second-order valence-electron chi connectivity index (χ2n) is 5.47. The first-order chi connectivity index (χ1) is 11.8. The van der Waals surface area contributed by atoms with Crippen LogP contribution in [0.1, 0.15) is 30.0 Å². The molecule has 0 saturated carbocycles. The molecule has 0 bridgehead atoms. The van der Waals surface area contributed by atoms with Gasteiger partial charge in [-0.1, -0.05) is 12.1 Å². The average molecular weight is 325 g/mol. The van der Waals surface area contributed by atoms with Crippen LogP contribution in [0.2, 0.25) is 0 Å². The van der Waals surface area contributed by atoms with Crippen molar-refractivity contribution >= 4 is 18.0 Å². The summed E-state index contributed by atoms with van der Waals surface area (Å²) in [5, 5.41) is 12.3. The molecule has 6 nitrogen and oxygen atoms in total. The molecule has 1 saturated heterocycles. The number of nitrogens with zero attached hydrogens (tertiary/aromatic N) is 2. The fourth-order valence-corrected chi connectivity index (χ4v) is 2.53. The Kier molecular flexibility index (Phi) is 5.14. The molecule has 6 heteroatoms. The number of aromatic nitrogens is 1. The van der Waals surface area contributed by atoms with E-state index in [1.807, 2.05) is 36.4 Å². The lowest BCUT2D eigenvalue weighted by molar-refractivity contribution is 0.120. The SMILES string of the molecule is COc1cccc(/C=C/c2nc(C#N)c(NCC3CCCO3)o2)c1. The molecule has 24 heavy (non-hydrogen) atoms. The predicted octanol–water partition coefficient (Wildman–Crippen LogP) is 3.32. The summed E-state index contributed by atoms with van der Waals surface area (Å²) in [5.74, 6) is 1.55. The van der Waals surface area contributed by atoms with Crippen molar-refractivity contribution in [3.63, 3.8) is 0 Å². The van der Waals surface area contributed by atoms with Gasteiger partial charge in [0.1, 0.15) is 11.8 Å². The van der Waals surface area contributed by atoms with Crippen LogP contribution in [0, 0.1) is 11.3 Å². The number of methoxy groups -OCH3 is 1. The number of nitriles is 1. The molecule has 0 amide bonds. The molecule has 2 heterocycles. The minimum absolute atomic E-state index is 0.164. The van der Waals surface area contributed by atoms with Gasteiger partial charge in [-0.3, -0.25) is 0 Å². The molecule has 1 unspecified atom stereocenters. The van der Waals surface area contributed by atoms with Crippen LogP contribution in [0.5, 0.6) is 5.75 Å². The first-order valence-electron chi connectivity index (χ1n) is 7.87. The molecule has 1 atom stereocenters. The number of anilines is 1. The normalized spacial score (nSPS) is 17.1. The molecule has 0 spiro atoms. The van der Waals surface area contributed by atoms with Crippen molar-refractivity contribution in [2.45, 2.75) is 18.9 Å². The highest BCUT2D eigenvalue weighted by atomic mass is 16.5. The first-order valence-corrected chi connectivity index (χ1v) is 7.87. The van der Waals surface area contributed by atoms with Gasteiger partial charge in [-0.05, 0) is 36.6 Å². The van der Waals surface area contributed by atoms with Crippen LogP contribution < -0.4 is 10.1 Å². The molecular formula is C18H19N3O3. The summed E-state index contributed by atoms with van der Waals surface area (Å²) in [5.41, 5.74) is 1.21. The molecule has 0 aliphatic carbocycles. The Morgan fingerprint density at radius 2 is 2.38 bits per heavy atom. The van der Waals surface area contributed by atoms with Crippen molar-refractivity contribution in [1.82, 2.24) is 4.98 Å². The molecule has 2 aromatic rings. The average Bonchev–Trinajstić information content (AvgIpc) is 3.27. The third-order valence-electron chi connectivity index (χ3n) is 3.78. The molecule has 3 rings (SSSR count). The van der Waals surface area contributed by atoms with Gasteiger partial charge in [0.05, 0.1) is 13.2 Å². The van der Waals surface area contributed by atoms with Gasteiger partial charge in [0.2, 0.25) is 17.5 Å². The van der Waals surface area contributed by atoms with Gasteiger partial charge in [0.25, 0.3) is 0 Å². The zero-order valence-corrected chi connectivity index (χ0v) is 13.5. The molecule has 1 fully saturated rings. The van der Waals surface area contributed by atoms with Crippen molar-refractivity contribution in [2.24, 2.45) is 0 Å². The van der Waals surface area contributed by atoms with E-state index in [1.54, 1.807) is 13.2 Å². The van der Waals surface area contributed by atoms with E-state index in [-0.39, 0.29) is 11.8 Å². The zero-order chi connectivity index (χ0) is 16.8. The highest BCUT2D eigenvalue weighted by molar-refractivity contribution is 5.67. The van der Waals surface area contributed by atoms with Gasteiger partial charge in [0, 0.05) is 19.2 Å². The third-order valence-corrected chi connectivity index (χ3v) is 3.78. The van der Waals surface area contributed by atoms with Crippen LogP contribution in [0.15, 0.2) is 28.7 Å². The summed E-state index contributed by atoms with van der Waals surface area (Å²) in [4.78, 5) is 4.18. The number of oxazole rings is 1. The van der Waals surface area contributed by atoms with Crippen LogP contribution >= 0.6 is 0 Å². The minimum atomic E-state index is 0.164. The largest absolute Gasteiger partial charge is 0.497 e. The maximum Gasteiger partial charge on any atom is 0.232 e. The van der Waals surface area contributed by atoms with Crippen molar-refractivity contribution < 1.29 is 13.9 Å². The van der Waals surface area contributed by atoms with E-state index in [4.69, 9.17) is 13.9 Å². The Morgan fingerprint density at radius 1 is 1.46 bits per heavy atom. The number of nitrogens with one attached hydrogen (secondary N) is 1. The summed E-state index contributed by atoms with van der Waals surface area (Å²) in [6.07, 6.45) is 5.85. The lowest BCUT2D eigenvalue weighted by Crippen LogP contribution is -2.18. The van der Waals surface area contributed by atoms with Gasteiger partial charge in [-0.15, -0.1) is 0 Å². The predicted molar refractivity (Wildman–Crippen MR) is 90.6 cm³/mol. The van der Waals surface area contributed by atoms with Crippen molar-refractivity contribution in [1.29, 1.82) is 5.26 Å². The second-order valence-corrected chi connectivity index (χ2v) is 5.47. The number of hydrogen-bond acceptors (Lipinski definition) is 6. The monoisotopic (exact) mass is 325 g/mol. The summed E-state index contributed by atoms with van der Waals surface area (Å²) in [6.45, 7) is 1.41. The first kappa shape index (κ1) is 16.1. The smallest absolute Gasteiger partial charge is 0.232 e. The zero-order valence-electron chi connectivity index (χ0n) is 13.5. The molecule has 1 aliphatic rings. The van der Waals surface area contributed by atoms with Crippen LogP contribution in [0.3, 0.4) is 0 Å². The van der Waals surface area contributed by atoms with Crippen molar-refractivity contribution in [3.05, 3.63) is 41.4 Å². The van der Waals surface area contributed by atoms with Gasteiger partial charge in [-0.25, -0.2) is 0 Å². The van der Waals surface area contributed by atoms with E-state index in [1.165, 1.54) is 0 Å². The number of ether oxygens (including phenoxy) is 2. The summed E-state index contributed by atoms with van der Waals surface area (Å²) >= 11 is 0. The van der Waals surface area contributed by atoms with Crippen molar-refractivity contribution in [3.8, 4) is 11.8 Å². The molecule has 1 aliphatic heterocycles. The van der Waals surface area contributed by atoms with Gasteiger partial charge in [-0.2, -0.15) is 10.2 Å². The van der Waals surface area contributed by atoms with Crippen molar-refractivity contribution in [2.75, 3.05) is 25.6 Å². The van der Waals surface area contributed by atoms with Crippen LogP contribution in [-0.2, 0) is 4.74 Å². The van der Waals surface area contributed by atoms with E-state index in [0.29, 0.717) is 18.3 Å². The highest BCUT2D eigenvalue weighted by Crippen LogP contribution is 2.21. The Balaban J connectivity index is 1.69.